The van der Waals surface area contributed by atoms with Gasteiger partial charge in [-0.25, -0.2) is 0 Å². The maximum Gasteiger partial charge on any atom is -0.00199 e. The zero-order valence-corrected chi connectivity index (χ0v) is 32.6. The first-order valence-electron chi connectivity index (χ1n) is 20.2. The second-order valence-corrected chi connectivity index (χ2v) is 15.9. The van der Waals surface area contributed by atoms with E-state index in [1.54, 1.807) is 0 Å². The Bertz CT molecular complexity index is 3380. The molecule has 0 N–H and O–H groups in total. The zero-order valence-electron chi connectivity index (χ0n) is 32.6. The fourth-order valence-electron chi connectivity index (χ4n) is 9.35. The smallest absolute Gasteiger partial charge is 0.00199 e. The van der Waals surface area contributed by atoms with Crippen molar-refractivity contribution in [3.63, 3.8) is 0 Å². The van der Waals surface area contributed by atoms with Gasteiger partial charge in [-0.3, -0.25) is 0 Å². The molecule has 0 spiro atoms. The third kappa shape index (κ3) is 5.85. The summed E-state index contributed by atoms with van der Waals surface area (Å²) >= 11 is 0. The predicted octanol–water partition coefficient (Wildman–Crippen LogP) is 16.4. The summed E-state index contributed by atoms with van der Waals surface area (Å²) in [6.45, 7) is 4.39. The number of benzene rings is 11. The van der Waals surface area contributed by atoms with Crippen LogP contribution in [0.25, 0.3) is 109 Å². The summed E-state index contributed by atoms with van der Waals surface area (Å²) in [5, 5.41) is 12.4. The summed E-state index contributed by atoms with van der Waals surface area (Å²) in [6, 6.07) is 77.0. The monoisotopic (exact) mass is 736 g/mol. The first kappa shape index (κ1) is 34.0. The molecule has 0 fully saturated rings. The number of aryl methyl sites for hydroxylation is 2. The number of hydrogen-bond donors (Lipinski definition) is 0. The molecule has 0 heterocycles. The van der Waals surface area contributed by atoms with Crippen molar-refractivity contribution in [3.05, 3.63) is 217 Å². The molecule has 0 radical (unpaired) electrons. The SMILES string of the molecule is Cc1cc(C)cc(-c2ccc3c(c2)c(-c2ccc4ccccc4c2)c(-c2ccc4ccccc4c2)c2cc(-c4cc5ccccc5cc4-c4ccccc4)ccc23)c1. The van der Waals surface area contributed by atoms with E-state index < -0.39 is 0 Å². The minimum absolute atomic E-state index is 1.20. The molecule has 0 saturated carbocycles. The van der Waals surface area contributed by atoms with Crippen molar-refractivity contribution in [3.8, 4) is 55.6 Å². The Labute approximate surface area is 339 Å². The molecule has 11 aromatic rings. The van der Waals surface area contributed by atoms with Gasteiger partial charge in [0.05, 0.1) is 0 Å². The molecule has 272 valence electrons. The molecule has 0 aliphatic rings. The molecule has 58 heavy (non-hydrogen) atoms. The summed E-state index contributed by atoms with van der Waals surface area (Å²) in [7, 11) is 0. The van der Waals surface area contributed by atoms with E-state index in [1.807, 2.05) is 0 Å². The van der Waals surface area contributed by atoms with Gasteiger partial charge < -0.3 is 0 Å². The van der Waals surface area contributed by atoms with Crippen LogP contribution in [0.5, 0.6) is 0 Å². The van der Waals surface area contributed by atoms with Crippen LogP contribution in [-0.4, -0.2) is 0 Å². The van der Waals surface area contributed by atoms with Crippen LogP contribution in [0, 0.1) is 13.8 Å². The molecule has 0 unspecified atom stereocenters. The Morgan fingerprint density at radius 1 is 0.224 bits per heavy atom. The molecule has 0 aromatic heterocycles. The van der Waals surface area contributed by atoms with Gasteiger partial charge in [-0.05, 0) is 160 Å². The molecule has 0 amide bonds. The second-order valence-electron chi connectivity index (χ2n) is 15.9. The number of rotatable bonds is 5. The third-order valence-corrected chi connectivity index (χ3v) is 12.0. The van der Waals surface area contributed by atoms with E-state index in [0.29, 0.717) is 0 Å². The molecule has 0 nitrogen and oxygen atoms in total. The first-order valence-corrected chi connectivity index (χ1v) is 20.2. The quantitative estimate of drug-likeness (QED) is 0.154. The molecule has 0 aliphatic heterocycles. The van der Waals surface area contributed by atoms with Crippen LogP contribution in [0.1, 0.15) is 11.1 Å². The van der Waals surface area contributed by atoms with E-state index in [-0.39, 0.29) is 0 Å². The van der Waals surface area contributed by atoms with E-state index in [1.165, 1.54) is 121 Å². The van der Waals surface area contributed by atoms with Crippen molar-refractivity contribution >= 4 is 53.9 Å². The fraction of sp³-hybridized carbons (Fsp3) is 0.0345. The lowest BCUT2D eigenvalue weighted by molar-refractivity contribution is 1.38. The molecule has 0 bridgehead atoms. The van der Waals surface area contributed by atoms with Crippen molar-refractivity contribution in [2.45, 2.75) is 13.8 Å². The lowest BCUT2D eigenvalue weighted by Gasteiger charge is -2.21. The molecule has 0 aliphatic carbocycles. The number of fused-ring (bicyclic) bond motifs is 6. The Morgan fingerprint density at radius 2 is 0.638 bits per heavy atom. The largest absolute Gasteiger partial charge is 0.0622 e. The van der Waals surface area contributed by atoms with Crippen molar-refractivity contribution in [1.29, 1.82) is 0 Å². The molecule has 0 atom stereocenters. The Kier molecular flexibility index (Phi) is 8.05. The highest BCUT2D eigenvalue weighted by molar-refractivity contribution is 6.23. The van der Waals surface area contributed by atoms with Gasteiger partial charge in [-0.1, -0.05) is 181 Å². The average Bonchev–Trinajstić information content (AvgIpc) is 3.27. The van der Waals surface area contributed by atoms with Gasteiger partial charge in [0.25, 0.3) is 0 Å². The molecule has 0 heteroatoms. The highest BCUT2D eigenvalue weighted by atomic mass is 14.2. The molecule has 0 saturated heterocycles. The van der Waals surface area contributed by atoms with Crippen molar-refractivity contribution in [2.24, 2.45) is 0 Å². The zero-order chi connectivity index (χ0) is 38.7. The molecular weight excluding hydrogens is 697 g/mol. The van der Waals surface area contributed by atoms with Crippen LogP contribution in [0.15, 0.2) is 206 Å². The number of hydrogen-bond acceptors (Lipinski definition) is 0. The van der Waals surface area contributed by atoms with Crippen LogP contribution in [-0.2, 0) is 0 Å². The topological polar surface area (TPSA) is 0 Å². The third-order valence-electron chi connectivity index (χ3n) is 12.0. The van der Waals surface area contributed by atoms with Gasteiger partial charge in [-0.15, -0.1) is 0 Å². The summed E-state index contributed by atoms with van der Waals surface area (Å²) in [6.07, 6.45) is 0. The van der Waals surface area contributed by atoms with E-state index in [4.69, 9.17) is 0 Å². The van der Waals surface area contributed by atoms with Crippen molar-refractivity contribution < 1.29 is 0 Å². The molecule has 11 aromatic carbocycles. The van der Waals surface area contributed by atoms with Gasteiger partial charge in [-0.2, -0.15) is 0 Å². The Balaban J connectivity index is 1.29. The maximum absolute atomic E-state index is 2.47. The van der Waals surface area contributed by atoms with Gasteiger partial charge in [0.15, 0.2) is 0 Å². The van der Waals surface area contributed by atoms with Crippen LogP contribution in [0.3, 0.4) is 0 Å². The van der Waals surface area contributed by atoms with Crippen LogP contribution in [0.2, 0.25) is 0 Å². The highest BCUT2D eigenvalue weighted by Gasteiger charge is 2.21. The molecular formula is C58H40. The summed E-state index contributed by atoms with van der Waals surface area (Å²) in [5.41, 5.74) is 14.8. The second kappa shape index (κ2) is 13.7. The van der Waals surface area contributed by atoms with Gasteiger partial charge in [0, 0.05) is 0 Å². The van der Waals surface area contributed by atoms with Gasteiger partial charge in [0.1, 0.15) is 0 Å². The fourth-order valence-corrected chi connectivity index (χ4v) is 9.35. The summed E-state index contributed by atoms with van der Waals surface area (Å²) < 4.78 is 0. The summed E-state index contributed by atoms with van der Waals surface area (Å²) in [5.74, 6) is 0. The summed E-state index contributed by atoms with van der Waals surface area (Å²) in [4.78, 5) is 0. The van der Waals surface area contributed by atoms with Gasteiger partial charge >= 0.3 is 0 Å². The van der Waals surface area contributed by atoms with Crippen molar-refractivity contribution in [1.82, 2.24) is 0 Å². The van der Waals surface area contributed by atoms with Crippen LogP contribution < -0.4 is 0 Å². The van der Waals surface area contributed by atoms with Crippen LogP contribution >= 0.6 is 0 Å². The lowest BCUT2D eigenvalue weighted by atomic mass is 9.82. The van der Waals surface area contributed by atoms with E-state index >= 15 is 0 Å². The van der Waals surface area contributed by atoms with Gasteiger partial charge in [0.2, 0.25) is 0 Å². The molecule has 11 rings (SSSR count). The van der Waals surface area contributed by atoms with E-state index in [9.17, 15) is 0 Å². The minimum atomic E-state index is 1.20. The van der Waals surface area contributed by atoms with Crippen LogP contribution in [0.4, 0.5) is 0 Å². The minimum Gasteiger partial charge on any atom is -0.0622 e. The Morgan fingerprint density at radius 3 is 1.17 bits per heavy atom. The van der Waals surface area contributed by atoms with E-state index in [2.05, 4.69) is 220 Å². The standard InChI is InChI=1S/C58H40/c1-37-28-38(2)30-50(29-37)46-24-26-51-52-27-25-47(54-34-45-19-11-10-18-44(45)33-53(54)41-14-4-3-5-15-41)36-56(52)58(49-23-21-40-13-7-9-17-43(40)32-49)57(55(51)35-46)48-22-20-39-12-6-8-16-42(39)31-48/h3-36H,1-2H3. The first-order chi connectivity index (χ1) is 28.5. The van der Waals surface area contributed by atoms with Crippen molar-refractivity contribution in [2.75, 3.05) is 0 Å². The lowest BCUT2D eigenvalue weighted by Crippen LogP contribution is -1.94. The maximum atomic E-state index is 2.47. The Hall–Kier alpha value is -7.28. The van der Waals surface area contributed by atoms with E-state index in [0.717, 1.165) is 0 Å². The normalized spacial score (nSPS) is 11.6. The predicted molar refractivity (Wildman–Crippen MR) is 251 cm³/mol. The average molecular weight is 737 g/mol. The highest BCUT2D eigenvalue weighted by Crippen LogP contribution is 2.48.